The Morgan fingerprint density at radius 2 is 2.24 bits per heavy atom. The van der Waals surface area contributed by atoms with Crippen molar-refractivity contribution >= 4 is 28.8 Å². The van der Waals surface area contributed by atoms with Gasteiger partial charge in [0.05, 0.1) is 24.7 Å². The zero-order valence-electron chi connectivity index (χ0n) is 11.4. The van der Waals surface area contributed by atoms with Gasteiger partial charge in [0.2, 0.25) is 0 Å². The average molecular weight is 279 g/mol. The summed E-state index contributed by atoms with van der Waals surface area (Å²) in [4.78, 5) is 15.8. The summed E-state index contributed by atoms with van der Waals surface area (Å²) >= 11 is 0. The van der Waals surface area contributed by atoms with Gasteiger partial charge in [0.15, 0.2) is 0 Å². The molecule has 0 atom stereocenters. The van der Waals surface area contributed by atoms with Crippen LogP contribution in [0.15, 0.2) is 35.7 Å². The Balaban J connectivity index is 1.80. The summed E-state index contributed by atoms with van der Waals surface area (Å²) in [5.74, 6) is 1.52. The first kappa shape index (κ1) is 11.9. The van der Waals surface area contributed by atoms with Crippen molar-refractivity contribution in [2.45, 2.75) is 6.54 Å². The first-order chi connectivity index (χ1) is 10.3. The van der Waals surface area contributed by atoms with Gasteiger partial charge in [0.25, 0.3) is 0 Å². The van der Waals surface area contributed by atoms with Gasteiger partial charge in [-0.05, 0) is 29.3 Å². The molecule has 0 unspecified atom stereocenters. The predicted molar refractivity (Wildman–Crippen MR) is 81.5 cm³/mol. The number of aromatic amines is 1. The van der Waals surface area contributed by atoms with Crippen LogP contribution >= 0.6 is 0 Å². The molecule has 0 aliphatic carbocycles. The maximum absolute atomic E-state index is 5.47. The van der Waals surface area contributed by atoms with E-state index >= 15 is 0 Å². The molecule has 1 aliphatic rings. The lowest BCUT2D eigenvalue weighted by Crippen LogP contribution is -2.00. The van der Waals surface area contributed by atoms with E-state index < -0.39 is 0 Å². The minimum Gasteiger partial charge on any atom is -0.495 e. The van der Waals surface area contributed by atoms with E-state index in [1.807, 2.05) is 30.6 Å². The molecule has 3 heterocycles. The van der Waals surface area contributed by atoms with Crippen LogP contribution in [0.3, 0.4) is 0 Å². The first-order valence-corrected chi connectivity index (χ1v) is 6.61. The maximum Gasteiger partial charge on any atom is 0.143 e. The van der Waals surface area contributed by atoms with Gasteiger partial charge in [-0.2, -0.15) is 0 Å². The average Bonchev–Trinajstić information content (AvgIpc) is 3.15. The summed E-state index contributed by atoms with van der Waals surface area (Å²) in [5.41, 5.74) is 3.95. The molecule has 0 fully saturated rings. The number of benzene rings is 1. The Morgan fingerprint density at radius 3 is 3.14 bits per heavy atom. The highest BCUT2D eigenvalue weighted by Gasteiger charge is 2.14. The molecule has 6 nitrogen and oxygen atoms in total. The third-order valence-corrected chi connectivity index (χ3v) is 3.56. The molecule has 1 aromatic carbocycles. The van der Waals surface area contributed by atoms with Crippen molar-refractivity contribution in [3.63, 3.8) is 0 Å². The molecule has 6 heteroatoms. The van der Waals surface area contributed by atoms with Crippen molar-refractivity contribution in [1.29, 1.82) is 0 Å². The number of aliphatic imine (C=N–C) groups is 1. The first-order valence-electron chi connectivity index (χ1n) is 6.61. The summed E-state index contributed by atoms with van der Waals surface area (Å²) in [6.45, 7) is 0.710. The molecule has 0 saturated carbocycles. The summed E-state index contributed by atoms with van der Waals surface area (Å²) in [6.07, 6.45) is 5.26. The lowest BCUT2D eigenvalue weighted by atomic mass is 10.1. The van der Waals surface area contributed by atoms with E-state index in [0.29, 0.717) is 6.54 Å². The van der Waals surface area contributed by atoms with Crippen LogP contribution in [0, 0.1) is 0 Å². The van der Waals surface area contributed by atoms with Crippen molar-refractivity contribution in [3.8, 4) is 5.75 Å². The number of hydrogen-bond acceptors (Lipinski definition) is 5. The highest BCUT2D eigenvalue weighted by Crippen LogP contribution is 2.33. The van der Waals surface area contributed by atoms with Gasteiger partial charge in [-0.3, -0.25) is 4.99 Å². The molecule has 3 aromatic rings. The van der Waals surface area contributed by atoms with E-state index in [-0.39, 0.29) is 0 Å². The van der Waals surface area contributed by atoms with E-state index in [2.05, 4.69) is 25.3 Å². The molecule has 0 radical (unpaired) electrons. The molecule has 0 amide bonds. The van der Waals surface area contributed by atoms with Gasteiger partial charge in [-0.25, -0.2) is 9.97 Å². The topological polar surface area (TPSA) is 75.2 Å². The van der Waals surface area contributed by atoms with Gasteiger partial charge < -0.3 is 15.0 Å². The zero-order chi connectivity index (χ0) is 14.2. The molecule has 1 aliphatic heterocycles. The van der Waals surface area contributed by atoms with Crippen LogP contribution in [0.4, 0.5) is 11.5 Å². The van der Waals surface area contributed by atoms with Gasteiger partial charge in [0.1, 0.15) is 23.5 Å². The highest BCUT2D eigenvalue weighted by atomic mass is 16.5. The summed E-state index contributed by atoms with van der Waals surface area (Å²) in [7, 11) is 1.66. The Hall–Kier alpha value is -2.89. The second-order valence-electron chi connectivity index (χ2n) is 4.81. The van der Waals surface area contributed by atoms with Crippen LogP contribution in [0.25, 0.3) is 11.0 Å². The number of H-pyrrole nitrogens is 1. The molecule has 2 N–H and O–H groups in total. The van der Waals surface area contributed by atoms with Crippen LogP contribution in [-0.4, -0.2) is 28.3 Å². The van der Waals surface area contributed by atoms with E-state index in [1.54, 1.807) is 7.11 Å². The van der Waals surface area contributed by atoms with Crippen molar-refractivity contribution in [1.82, 2.24) is 15.0 Å². The Bertz CT molecular complexity index is 852. The Morgan fingerprint density at radius 1 is 1.29 bits per heavy atom. The number of nitrogens with zero attached hydrogens (tertiary/aromatic N) is 3. The number of ether oxygens (including phenoxy) is 1. The van der Waals surface area contributed by atoms with Crippen LogP contribution < -0.4 is 10.1 Å². The zero-order valence-corrected chi connectivity index (χ0v) is 11.4. The Kier molecular flexibility index (Phi) is 2.60. The minimum atomic E-state index is 0.710. The second kappa shape index (κ2) is 4.59. The number of anilines is 2. The third-order valence-electron chi connectivity index (χ3n) is 3.56. The fraction of sp³-hybridized carbons (Fsp3) is 0.133. The van der Waals surface area contributed by atoms with Crippen molar-refractivity contribution in [3.05, 3.63) is 41.9 Å². The monoisotopic (exact) mass is 279 g/mol. The number of nitrogens with one attached hydrogen (secondary N) is 2. The fourth-order valence-electron chi connectivity index (χ4n) is 2.50. The lowest BCUT2D eigenvalue weighted by molar-refractivity contribution is 0.416. The minimum absolute atomic E-state index is 0.710. The van der Waals surface area contributed by atoms with Crippen LogP contribution in [-0.2, 0) is 6.54 Å². The van der Waals surface area contributed by atoms with Gasteiger partial charge in [0, 0.05) is 12.4 Å². The molecule has 0 bridgehead atoms. The molecule has 0 spiro atoms. The molecule has 0 saturated heterocycles. The maximum atomic E-state index is 5.47. The number of aromatic nitrogens is 3. The summed E-state index contributed by atoms with van der Waals surface area (Å²) in [5, 5.41) is 4.26. The quantitative estimate of drug-likeness (QED) is 0.773. The number of rotatable bonds is 3. The predicted octanol–water partition coefficient (Wildman–Crippen LogP) is 2.64. The van der Waals surface area contributed by atoms with Crippen LogP contribution in [0.1, 0.15) is 11.1 Å². The van der Waals surface area contributed by atoms with Crippen LogP contribution in [0.2, 0.25) is 0 Å². The van der Waals surface area contributed by atoms with Crippen molar-refractivity contribution < 1.29 is 4.74 Å². The molecule has 4 rings (SSSR count). The van der Waals surface area contributed by atoms with Crippen molar-refractivity contribution in [2.24, 2.45) is 4.99 Å². The number of fused-ring (bicyclic) bond motifs is 2. The fourth-order valence-corrected chi connectivity index (χ4v) is 2.50. The van der Waals surface area contributed by atoms with E-state index in [4.69, 9.17) is 4.74 Å². The highest BCUT2D eigenvalue weighted by molar-refractivity contribution is 5.91. The largest absolute Gasteiger partial charge is 0.495 e. The summed E-state index contributed by atoms with van der Waals surface area (Å²) in [6, 6.07) is 5.99. The molecular weight excluding hydrogens is 266 g/mol. The molecule has 2 aromatic heterocycles. The second-order valence-corrected chi connectivity index (χ2v) is 4.81. The molecule has 21 heavy (non-hydrogen) atoms. The van der Waals surface area contributed by atoms with Crippen LogP contribution in [0.5, 0.6) is 5.75 Å². The summed E-state index contributed by atoms with van der Waals surface area (Å²) < 4.78 is 5.47. The number of hydrogen-bond donors (Lipinski definition) is 2. The number of methoxy groups -OCH3 is 1. The standard InChI is InChI=1S/C15H13N5O/c1-21-13-5-10-7-16-6-9(10)4-12(13)20-15-11-2-3-17-14(11)18-8-19-15/h2-6,8H,7H2,1H3,(H2,17,18,19,20). The Labute approximate surface area is 120 Å². The van der Waals surface area contributed by atoms with Gasteiger partial charge in [-0.1, -0.05) is 0 Å². The lowest BCUT2D eigenvalue weighted by Gasteiger charge is -2.13. The molecule has 104 valence electrons. The third kappa shape index (κ3) is 1.92. The van der Waals surface area contributed by atoms with E-state index in [9.17, 15) is 0 Å². The molecular formula is C15H13N5O. The van der Waals surface area contributed by atoms with Gasteiger partial charge >= 0.3 is 0 Å². The van der Waals surface area contributed by atoms with Gasteiger partial charge in [-0.15, -0.1) is 0 Å². The smallest absolute Gasteiger partial charge is 0.143 e. The normalized spacial score (nSPS) is 12.6. The van der Waals surface area contributed by atoms with E-state index in [0.717, 1.165) is 33.9 Å². The van der Waals surface area contributed by atoms with E-state index in [1.165, 1.54) is 11.9 Å². The SMILES string of the molecule is COc1cc2c(cc1Nc1ncnc3[nH]ccc13)C=NC2. The van der Waals surface area contributed by atoms with Crippen molar-refractivity contribution in [2.75, 3.05) is 12.4 Å².